The van der Waals surface area contributed by atoms with Gasteiger partial charge in [0.15, 0.2) is 0 Å². The Kier molecular flexibility index (Phi) is 3.76. The van der Waals surface area contributed by atoms with E-state index in [0.717, 1.165) is 5.56 Å². The van der Waals surface area contributed by atoms with Gasteiger partial charge in [-0.3, -0.25) is 4.79 Å². The van der Waals surface area contributed by atoms with Crippen LogP contribution >= 0.6 is 15.9 Å². The Labute approximate surface area is 118 Å². The molecule has 4 nitrogen and oxygen atoms in total. The lowest BCUT2D eigenvalue weighted by Crippen LogP contribution is -2.12. The maximum Gasteiger partial charge on any atom is 0.259 e. The number of anilines is 1. The SMILES string of the molecule is Cc1ccc(NC(=O)c2ccc(Br)cc2O)c(O)c1. The van der Waals surface area contributed by atoms with Crippen LogP contribution in [-0.2, 0) is 0 Å². The van der Waals surface area contributed by atoms with Crippen molar-refractivity contribution in [2.75, 3.05) is 5.32 Å². The lowest BCUT2D eigenvalue weighted by atomic mass is 10.1. The highest BCUT2D eigenvalue weighted by atomic mass is 79.9. The fourth-order valence-corrected chi connectivity index (χ4v) is 1.98. The zero-order chi connectivity index (χ0) is 14.0. The van der Waals surface area contributed by atoms with E-state index in [0.29, 0.717) is 10.2 Å². The summed E-state index contributed by atoms with van der Waals surface area (Å²) in [6.45, 7) is 1.84. The van der Waals surface area contributed by atoms with Crippen LogP contribution in [0.4, 0.5) is 5.69 Å². The topological polar surface area (TPSA) is 69.6 Å². The third-order valence-corrected chi connectivity index (χ3v) is 3.10. The summed E-state index contributed by atoms with van der Waals surface area (Å²) in [4.78, 5) is 12.0. The summed E-state index contributed by atoms with van der Waals surface area (Å²) >= 11 is 3.20. The van der Waals surface area contributed by atoms with Gasteiger partial charge >= 0.3 is 0 Å². The minimum absolute atomic E-state index is 0.00930. The van der Waals surface area contributed by atoms with Crippen molar-refractivity contribution >= 4 is 27.5 Å². The Bertz CT molecular complexity index is 641. The molecule has 0 aromatic heterocycles. The molecule has 0 heterocycles. The summed E-state index contributed by atoms with van der Waals surface area (Å²) in [7, 11) is 0. The molecular formula is C14H12BrNO3. The van der Waals surface area contributed by atoms with E-state index < -0.39 is 5.91 Å². The highest BCUT2D eigenvalue weighted by Crippen LogP contribution is 2.27. The van der Waals surface area contributed by atoms with Gasteiger partial charge in [0.2, 0.25) is 0 Å². The van der Waals surface area contributed by atoms with Crippen molar-refractivity contribution in [1.29, 1.82) is 0 Å². The predicted molar refractivity (Wildman–Crippen MR) is 76.6 cm³/mol. The van der Waals surface area contributed by atoms with Gasteiger partial charge in [0, 0.05) is 4.47 Å². The Morgan fingerprint density at radius 2 is 1.84 bits per heavy atom. The van der Waals surface area contributed by atoms with Crippen LogP contribution in [0.1, 0.15) is 15.9 Å². The molecular weight excluding hydrogens is 310 g/mol. The molecule has 3 N–H and O–H groups in total. The minimum atomic E-state index is -0.482. The van der Waals surface area contributed by atoms with Gasteiger partial charge in [-0.1, -0.05) is 22.0 Å². The fourth-order valence-electron chi connectivity index (χ4n) is 1.63. The summed E-state index contributed by atoms with van der Waals surface area (Å²) < 4.78 is 0.680. The molecule has 0 saturated heterocycles. The summed E-state index contributed by atoms with van der Waals surface area (Å²) in [5.74, 6) is -0.618. The first kappa shape index (κ1) is 13.4. The predicted octanol–water partition coefficient (Wildman–Crippen LogP) is 3.42. The summed E-state index contributed by atoms with van der Waals surface area (Å²) in [6.07, 6.45) is 0. The normalized spacial score (nSPS) is 10.2. The van der Waals surface area contributed by atoms with Gasteiger partial charge in [0.05, 0.1) is 11.3 Å². The van der Waals surface area contributed by atoms with Crippen LogP contribution in [-0.4, -0.2) is 16.1 Å². The third kappa shape index (κ3) is 3.06. The molecule has 2 aromatic carbocycles. The van der Waals surface area contributed by atoms with Crippen LogP contribution in [0.2, 0.25) is 0 Å². The Hall–Kier alpha value is -2.01. The van der Waals surface area contributed by atoms with Crippen molar-refractivity contribution in [2.24, 2.45) is 0 Å². The fraction of sp³-hybridized carbons (Fsp3) is 0.0714. The van der Waals surface area contributed by atoms with Gasteiger partial charge in [-0.15, -0.1) is 0 Å². The van der Waals surface area contributed by atoms with Crippen molar-refractivity contribution < 1.29 is 15.0 Å². The summed E-state index contributed by atoms with van der Waals surface area (Å²) in [5, 5.41) is 22.0. The molecule has 0 saturated carbocycles. The van der Waals surface area contributed by atoms with Crippen molar-refractivity contribution in [3.05, 3.63) is 52.0 Å². The number of rotatable bonds is 2. The highest BCUT2D eigenvalue weighted by Gasteiger charge is 2.13. The van der Waals surface area contributed by atoms with E-state index in [-0.39, 0.29) is 17.1 Å². The first-order valence-electron chi connectivity index (χ1n) is 5.57. The van der Waals surface area contributed by atoms with E-state index in [1.54, 1.807) is 24.3 Å². The molecule has 0 bridgehead atoms. The molecule has 0 radical (unpaired) electrons. The number of aryl methyl sites for hydroxylation is 1. The van der Waals surface area contributed by atoms with Gasteiger partial charge in [-0.25, -0.2) is 0 Å². The zero-order valence-electron chi connectivity index (χ0n) is 10.1. The number of hydrogen-bond acceptors (Lipinski definition) is 3. The number of phenolic OH excluding ortho intramolecular Hbond substituents is 2. The lowest BCUT2D eigenvalue weighted by Gasteiger charge is -2.09. The standard InChI is InChI=1S/C14H12BrNO3/c1-8-2-5-11(13(18)6-8)16-14(19)10-4-3-9(15)7-12(10)17/h2-7,17-18H,1H3,(H,16,19). The van der Waals surface area contributed by atoms with Gasteiger partial charge in [0.25, 0.3) is 5.91 Å². The van der Waals surface area contributed by atoms with Crippen molar-refractivity contribution in [3.8, 4) is 11.5 Å². The van der Waals surface area contributed by atoms with E-state index >= 15 is 0 Å². The average molecular weight is 322 g/mol. The number of carbonyl (C=O) groups is 1. The van der Waals surface area contributed by atoms with Crippen LogP contribution in [0.3, 0.4) is 0 Å². The Balaban J connectivity index is 2.25. The molecule has 0 atom stereocenters. The van der Waals surface area contributed by atoms with Crippen LogP contribution < -0.4 is 5.32 Å². The van der Waals surface area contributed by atoms with E-state index in [1.807, 2.05) is 6.92 Å². The Morgan fingerprint density at radius 3 is 2.47 bits per heavy atom. The number of phenols is 2. The van der Waals surface area contributed by atoms with E-state index in [2.05, 4.69) is 21.2 Å². The van der Waals surface area contributed by atoms with Crippen molar-refractivity contribution in [1.82, 2.24) is 0 Å². The minimum Gasteiger partial charge on any atom is -0.507 e. The number of hydrogen-bond donors (Lipinski definition) is 3. The summed E-state index contributed by atoms with van der Waals surface area (Å²) in [5.41, 5.74) is 1.34. The molecule has 98 valence electrons. The van der Waals surface area contributed by atoms with Crippen molar-refractivity contribution in [2.45, 2.75) is 6.92 Å². The molecule has 0 spiro atoms. The highest BCUT2D eigenvalue weighted by molar-refractivity contribution is 9.10. The molecule has 1 amide bonds. The number of benzene rings is 2. The van der Waals surface area contributed by atoms with Crippen LogP contribution in [0.5, 0.6) is 11.5 Å². The zero-order valence-corrected chi connectivity index (χ0v) is 11.7. The second-order valence-corrected chi connectivity index (χ2v) is 5.05. The summed E-state index contributed by atoms with van der Waals surface area (Å²) in [6, 6.07) is 9.53. The molecule has 5 heteroatoms. The Morgan fingerprint density at radius 1 is 1.11 bits per heavy atom. The van der Waals surface area contributed by atoms with Crippen LogP contribution in [0.25, 0.3) is 0 Å². The van der Waals surface area contributed by atoms with Crippen molar-refractivity contribution in [3.63, 3.8) is 0 Å². The quantitative estimate of drug-likeness (QED) is 0.742. The first-order chi connectivity index (χ1) is 8.97. The molecule has 0 unspecified atom stereocenters. The van der Waals surface area contributed by atoms with Gasteiger partial charge in [-0.05, 0) is 42.8 Å². The van der Waals surface area contributed by atoms with Crippen LogP contribution in [0.15, 0.2) is 40.9 Å². The molecule has 19 heavy (non-hydrogen) atoms. The lowest BCUT2D eigenvalue weighted by molar-refractivity contribution is 0.102. The maximum atomic E-state index is 12.0. The van der Waals surface area contributed by atoms with E-state index in [1.165, 1.54) is 12.1 Å². The average Bonchev–Trinajstić information content (AvgIpc) is 2.32. The molecule has 0 fully saturated rings. The number of nitrogens with one attached hydrogen (secondary N) is 1. The largest absolute Gasteiger partial charge is 0.507 e. The number of aromatic hydroxyl groups is 2. The first-order valence-corrected chi connectivity index (χ1v) is 6.36. The molecule has 2 aromatic rings. The van der Waals surface area contributed by atoms with Gasteiger partial charge in [0.1, 0.15) is 11.5 Å². The van der Waals surface area contributed by atoms with Gasteiger partial charge in [-0.2, -0.15) is 0 Å². The molecule has 2 rings (SSSR count). The van der Waals surface area contributed by atoms with Crippen LogP contribution in [0, 0.1) is 6.92 Å². The van der Waals surface area contributed by atoms with E-state index in [9.17, 15) is 15.0 Å². The monoisotopic (exact) mass is 321 g/mol. The second-order valence-electron chi connectivity index (χ2n) is 4.14. The maximum absolute atomic E-state index is 12.0. The second kappa shape index (κ2) is 5.32. The van der Waals surface area contributed by atoms with Gasteiger partial charge < -0.3 is 15.5 Å². The molecule has 0 aliphatic rings. The number of amides is 1. The molecule has 0 aliphatic heterocycles. The number of carbonyl (C=O) groups excluding carboxylic acids is 1. The number of halogens is 1. The third-order valence-electron chi connectivity index (χ3n) is 2.61. The van der Waals surface area contributed by atoms with E-state index in [4.69, 9.17) is 0 Å². The smallest absolute Gasteiger partial charge is 0.259 e. The molecule has 0 aliphatic carbocycles.